The molecule has 30 heavy (non-hydrogen) atoms. The van der Waals surface area contributed by atoms with E-state index in [2.05, 4.69) is 6.92 Å². The van der Waals surface area contributed by atoms with Gasteiger partial charge >= 0.3 is 29.6 Å². The fourth-order valence-electron chi connectivity index (χ4n) is 3.33. The van der Waals surface area contributed by atoms with Crippen LogP contribution in [0.15, 0.2) is 47.4 Å². The number of aryl methyl sites for hydroxylation is 1. The maximum absolute atomic E-state index is 11.9. The number of benzene rings is 2. The number of hydrogen-bond acceptors (Lipinski definition) is 4. The van der Waals surface area contributed by atoms with Crippen molar-refractivity contribution in [3.63, 3.8) is 0 Å². The number of hydrogen-bond donors (Lipinski definition) is 1. The standard InChI is InChI=1S/C23H32O5S.Na/c1-2-3-4-5-6-7-8-9-10-13-19-14-11-12-15-22(19)28-20-16-17-23(21(24)18-20)29(25,26)27;/h11-12,14-18,24H,2-10,13H2,1H3,(H,25,26,27);/q;+1/p-1. The first-order valence-electron chi connectivity index (χ1n) is 10.5. The summed E-state index contributed by atoms with van der Waals surface area (Å²) in [6.45, 7) is 2.23. The van der Waals surface area contributed by atoms with Crippen LogP contribution in [0.4, 0.5) is 0 Å². The quantitative estimate of drug-likeness (QED) is 0.293. The Kier molecular flexibility index (Phi) is 12.7. The molecule has 0 aliphatic rings. The van der Waals surface area contributed by atoms with Gasteiger partial charge < -0.3 is 9.84 Å². The molecule has 2 aromatic carbocycles. The summed E-state index contributed by atoms with van der Waals surface area (Å²) in [5.74, 6) is 0.120. The Hall–Kier alpha value is -1.05. The van der Waals surface area contributed by atoms with Crippen LogP contribution in [0.25, 0.3) is 0 Å². The molecule has 0 aromatic heterocycles. The predicted octanol–water partition coefficient (Wildman–Crippen LogP) is 2.88. The van der Waals surface area contributed by atoms with Crippen molar-refractivity contribution in [3.05, 3.63) is 48.0 Å². The van der Waals surface area contributed by atoms with E-state index in [-0.39, 0.29) is 35.3 Å². The zero-order valence-corrected chi connectivity index (χ0v) is 20.9. The molecule has 0 bridgehead atoms. The Bertz CT molecular complexity index is 868. The molecule has 0 saturated heterocycles. The molecular formula is C23H31NaO5S. The molecule has 5 nitrogen and oxygen atoms in total. The summed E-state index contributed by atoms with van der Waals surface area (Å²) >= 11 is 0. The van der Waals surface area contributed by atoms with Gasteiger partial charge in [-0.2, -0.15) is 8.42 Å². The minimum absolute atomic E-state index is 0. The largest absolute Gasteiger partial charge is 1.00 e. The molecule has 0 heterocycles. The zero-order valence-electron chi connectivity index (χ0n) is 18.1. The Morgan fingerprint density at radius 2 is 1.50 bits per heavy atom. The van der Waals surface area contributed by atoms with Crippen LogP contribution in [-0.4, -0.2) is 13.0 Å². The van der Waals surface area contributed by atoms with E-state index in [1.54, 1.807) is 0 Å². The van der Waals surface area contributed by atoms with Crippen molar-refractivity contribution in [1.82, 2.24) is 0 Å². The zero-order chi connectivity index (χ0) is 21.1. The molecule has 0 spiro atoms. The maximum Gasteiger partial charge on any atom is 1.00 e. The Morgan fingerprint density at radius 3 is 2.10 bits per heavy atom. The second kappa shape index (κ2) is 14.1. The average molecular weight is 443 g/mol. The first kappa shape index (κ1) is 27.0. The molecule has 160 valence electrons. The molecule has 0 radical (unpaired) electrons. The summed E-state index contributed by atoms with van der Waals surface area (Å²) in [4.78, 5) is -0.646. The van der Waals surface area contributed by atoms with Gasteiger partial charge in [0.2, 0.25) is 0 Å². The van der Waals surface area contributed by atoms with E-state index in [9.17, 15) is 13.5 Å². The average Bonchev–Trinajstić information content (AvgIpc) is 2.67. The van der Waals surface area contributed by atoms with Crippen LogP contribution in [-0.2, 0) is 16.5 Å². The molecule has 0 fully saturated rings. The van der Waals surface area contributed by atoms with Crippen LogP contribution in [0.2, 0.25) is 0 Å². The van der Waals surface area contributed by atoms with Gasteiger partial charge in [0.15, 0.2) is 0 Å². The van der Waals surface area contributed by atoms with E-state index in [4.69, 9.17) is 9.29 Å². The molecule has 1 N–H and O–H groups in total. The van der Waals surface area contributed by atoms with Crippen LogP contribution < -0.4 is 39.4 Å². The first-order valence-corrected chi connectivity index (χ1v) is 11.9. The molecule has 0 amide bonds. The van der Waals surface area contributed by atoms with Gasteiger partial charge in [-0.15, -0.1) is 0 Å². The van der Waals surface area contributed by atoms with Gasteiger partial charge in [-0.05, 0) is 42.7 Å². The number of rotatable bonds is 13. The van der Waals surface area contributed by atoms with Crippen LogP contribution in [0.5, 0.6) is 17.2 Å². The molecule has 0 atom stereocenters. The van der Waals surface area contributed by atoms with Crippen molar-refractivity contribution in [3.8, 4) is 17.2 Å². The fourth-order valence-corrected chi connectivity index (χ4v) is 3.88. The van der Waals surface area contributed by atoms with Gasteiger partial charge in [0, 0.05) is 0 Å². The third kappa shape index (κ3) is 9.40. The van der Waals surface area contributed by atoms with Crippen molar-refractivity contribution in [2.45, 2.75) is 76.0 Å². The number of unbranched alkanes of at least 4 members (excludes halogenated alkanes) is 8. The summed E-state index contributed by atoms with van der Waals surface area (Å²) in [6, 6.07) is 11.2. The van der Waals surface area contributed by atoms with Crippen molar-refractivity contribution in [2.75, 3.05) is 0 Å². The topological polar surface area (TPSA) is 86.7 Å². The number of para-hydroxylation sites is 1. The van der Waals surface area contributed by atoms with Crippen LogP contribution in [0, 0.1) is 0 Å². The van der Waals surface area contributed by atoms with Gasteiger partial charge in [0.1, 0.15) is 11.5 Å². The summed E-state index contributed by atoms with van der Waals surface area (Å²) in [7, 11) is -4.53. The predicted molar refractivity (Wildman–Crippen MR) is 113 cm³/mol. The van der Waals surface area contributed by atoms with Crippen molar-refractivity contribution in [2.24, 2.45) is 0 Å². The summed E-state index contributed by atoms with van der Waals surface area (Å²) < 4.78 is 37.2. The van der Waals surface area contributed by atoms with Crippen LogP contribution >= 0.6 is 0 Å². The van der Waals surface area contributed by atoms with Gasteiger partial charge in [-0.1, -0.05) is 82.2 Å². The van der Waals surface area contributed by atoms with Crippen LogP contribution in [0.3, 0.4) is 0 Å². The molecule has 2 rings (SSSR count). The monoisotopic (exact) mass is 442 g/mol. The summed E-state index contributed by atoms with van der Waals surface area (Å²) in [5, 5.41) is 11.9. The third-order valence-corrected chi connectivity index (χ3v) is 5.84. The fraction of sp³-hybridized carbons (Fsp3) is 0.478. The van der Waals surface area contributed by atoms with Gasteiger partial charge in [-0.25, -0.2) is 0 Å². The third-order valence-electron chi connectivity index (χ3n) is 4.94. The normalized spacial score (nSPS) is 11.1. The molecule has 0 saturated carbocycles. The van der Waals surface area contributed by atoms with Gasteiger partial charge in [0.05, 0.1) is 4.90 Å². The van der Waals surface area contributed by atoms with E-state index in [0.29, 0.717) is 5.75 Å². The van der Waals surface area contributed by atoms with E-state index in [1.165, 1.54) is 57.4 Å². The Morgan fingerprint density at radius 1 is 0.900 bits per heavy atom. The maximum atomic E-state index is 11.9. The number of ether oxygens (including phenoxy) is 1. The second-order valence-electron chi connectivity index (χ2n) is 7.37. The van der Waals surface area contributed by atoms with Crippen molar-refractivity contribution >= 4 is 10.1 Å². The van der Waals surface area contributed by atoms with E-state index >= 15 is 0 Å². The molecule has 7 heteroatoms. The first-order chi connectivity index (χ1) is 13.9. The smallest absolute Gasteiger partial charge is 0.871 e. The molecule has 0 aliphatic carbocycles. The SMILES string of the molecule is CCCCCCCCCCCc1ccccc1Oc1ccc(S(=O)(=O)O)c([O-])c1.[Na+]. The van der Waals surface area contributed by atoms with E-state index in [0.717, 1.165) is 30.5 Å². The van der Waals surface area contributed by atoms with Crippen molar-refractivity contribution in [1.29, 1.82) is 0 Å². The van der Waals surface area contributed by atoms with Crippen molar-refractivity contribution < 1.29 is 52.4 Å². The van der Waals surface area contributed by atoms with Crippen LogP contribution in [0.1, 0.15) is 70.3 Å². The second-order valence-corrected chi connectivity index (χ2v) is 8.76. The van der Waals surface area contributed by atoms with Gasteiger partial charge in [-0.3, -0.25) is 4.55 Å². The van der Waals surface area contributed by atoms with E-state index < -0.39 is 20.8 Å². The summed E-state index contributed by atoms with van der Waals surface area (Å²) in [5.41, 5.74) is 1.06. The Balaban J connectivity index is 0.00000450. The molecule has 0 unspecified atom stereocenters. The minimum atomic E-state index is -4.53. The summed E-state index contributed by atoms with van der Waals surface area (Å²) in [6.07, 6.45) is 12.3. The van der Waals surface area contributed by atoms with Gasteiger partial charge in [0.25, 0.3) is 10.1 Å². The van der Waals surface area contributed by atoms with E-state index in [1.807, 2.05) is 24.3 Å². The molecule has 2 aromatic rings. The Labute approximate surface area is 202 Å². The molecule has 0 aliphatic heterocycles. The minimum Gasteiger partial charge on any atom is -0.871 e. The molecular weight excluding hydrogens is 411 g/mol.